The summed E-state index contributed by atoms with van der Waals surface area (Å²) in [6.07, 6.45) is 6.84. The molecule has 2 unspecified atom stereocenters. The summed E-state index contributed by atoms with van der Waals surface area (Å²) in [6.45, 7) is 7.72. The minimum Gasteiger partial charge on any atom is -0.332 e. The Morgan fingerprint density at radius 3 is 2.90 bits per heavy atom. The number of nitrogens with zero attached hydrogens (tertiary/aromatic N) is 3. The van der Waals surface area contributed by atoms with Gasteiger partial charge in [-0.2, -0.15) is 5.10 Å². The normalized spacial score (nSPS) is 32.3. The fraction of sp³-hybridized carbons (Fsp3) is 0.812. The van der Waals surface area contributed by atoms with Gasteiger partial charge in [0.05, 0.1) is 6.04 Å². The standard InChI is InChI=1S/C16H26N4O/c1-11-7-12(9-16(2,3)8-11)15(21)20-6-4-5-13(20)14-17-10-18-19-14/h10-13H,4-9H2,1-3H3,(H,17,18,19)/t11?,12?,13-/m0/s1. The van der Waals surface area contributed by atoms with E-state index in [1.807, 2.05) is 4.90 Å². The van der Waals surface area contributed by atoms with Crippen LogP contribution < -0.4 is 0 Å². The average molecular weight is 290 g/mol. The van der Waals surface area contributed by atoms with Crippen LogP contribution in [0.25, 0.3) is 0 Å². The first-order valence-electron chi connectivity index (χ1n) is 8.12. The molecule has 3 rings (SSSR count). The van der Waals surface area contributed by atoms with Gasteiger partial charge in [0.25, 0.3) is 0 Å². The number of amides is 1. The van der Waals surface area contributed by atoms with Gasteiger partial charge in [0.1, 0.15) is 12.2 Å². The molecule has 1 amide bonds. The van der Waals surface area contributed by atoms with Crippen LogP contribution in [0, 0.1) is 17.3 Å². The summed E-state index contributed by atoms with van der Waals surface area (Å²) in [6, 6.07) is 0.0975. The molecule has 2 aliphatic rings. The van der Waals surface area contributed by atoms with Crippen molar-refractivity contribution in [3.63, 3.8) is 0 Å². The van der Waals surface area contributed by atoms with E-state index in [0.717, 1.165) is 38.1 Å². The van der Waals surface area contributed by atoms with Gasteiger partial charge in [-0.25, -0.2) is 4.98 Å². The molecule has 1 saturated heterocycles. The summed E-state index contributed by atoms with van der Waals surface area (Å²) in [7, 11) is 0. The van der Waals surface area contributed by atoms with Crippen LogP contribution in [0.4, 0.5) is 0 Å². The maximum Gasteiger partial charge on any atom is 0.226 e. The summed E-state index contributed by atoms with van der Waals surface area (Å²) in [4.78, 5) is 19.3. The first kappa shape index (κ1) is 14.5. The zero-order chi connectivity index (χ0) is 15.0. The summed E-state index contributed by atoms with van der Waals surface area (Å²) < 4.78 is 0. The van der Waals surface area contributed by atoms with E-state index in [1.165, 1.54) is 12.7 Å². The van der Waals surface area contributed by atoms with Crippen LogP contribution in [0.2, 0.25) is 0 Å². The lowest BCUT2D eigenvalue weighted by atomic mass is 9.67. The minimum atomic E-state index is 0.0975. The molecule has 21 heavy (non-hydrogen) atoms. The van der Waals surface area contributed by atoms with Crippen molar-refractivity contribution in [2.24, 2.45) is 17.3 Å². The SMILES string of the molecule is CC1CC(C(=O)N2CCC[C@H]2c2ncn[nH]2)CC(C)(C)C1. The number of carbonyl (C=O) groups excluding carboxylic acids is 1. The van der Waals surface area contributed by atoms with E-state index in [2.05, 4.69) is 36.0 Å². The molecular formula is C16H26N4O. The lowest BCUT2D eigenvalue weighted by molar-refractivity contribution is -0.139. The maximum absolute atomic E-state index is 13.0. The highest BCUT2D eigenvalue weighted by molar-refractivity contribution is 5.79. The fourth-order valence-electron chi connectivity index (χ4n) is 4.46. The van der Waals surface area contributed by atoms with Crippen molar-refractivity contribution < 1.29 is 4.79 Å². The van der Waals surface area contributed by atoms with Crippen LogP contribution in [0.15, 0.2) is 6.33 Å². The molecule has 1 saturated carbocycles. The van der Waals surface area contributed by atoms with E-state index in [-0.39, 0.29) is 17.4 Å². The first-order chi connectivity index (χ1) is 9.96. The zero-order valence-corrected chi connectivity index (χ0v) is 13.3. The second-order valence-electron chi connectivity index (χ2n) is 7.67. The van der Waals surface area contributed by atoms with E-state index in [9.17, 15) is 4.79 Å². The third-order valence-corrected chi connectivity index (χ3v) is 5.02. The Hall–Kier alpha value is -1.39. The van der Waals surface area contributed by atoms with Gasteiger partial charge in [0.15, 0.2) is 0 Å². The molecule has 1 aliphatic heterocycles. The van der Waals surface area contributed by atoms with Gasteiger partial charge in [-0.3, -0.25) is 9.89 Å². The molecule has 0 spiro atoms. The fourth-order valence-corrected chi connectivity index (χ4v) is 4.46. The van der Waals surface area contributed by atoms with Gasteiger partial charge >= 0.3 is 0 Å². The molecule has 5 nitrogen and oxygen atoms in total. The van der Waals surface area contributed by atoms with E-state index in [0.29, 0.717) is 11.8 Å². The molecule has 1 N–H and O–H groups in total. The van der Waals surface area contributed by atoms with Gasteiger partial charge in [-0.05, 0) is 43.4 Å². The van der Waals surface area contributed by atoms with Crippen molar-refractivity contribution >= 4 is 5.91 Å². The van der Waals surface area contributed by atoms with Gasteiger partial charge in [0.2, 0.25) is 5.91 Å². The van der Waals surface area contributed by atoms with Crippen LogP contribution in [-0.2, 0) is 4.79 Å². The van der Waals surface area contributed by atoms with E-state index < -0.39 is 0 Å². The quantitative estimate of drug-likeness (QED) is 0.911. The molecule has 1 aromatic heterocycles. The number of rotatable bonds is 2. The second kappa shape index (κ2) is 5.43. The van der Waals surface area contributed by atoms with Crippen molar-refractivity contribution in [1.29, 1.82) is 0 Å². The van der Waals surface area contributed by atoms with E-state index >= 15 is 0 Å². The van der Waals surface area contributed by atoms with Crippen molar-refractivity contribution in [3.8, 4) is 0 Å². The Labute approximate surface area is 126 Å². The van der Waals surface area contributed by atoms with Crippen molar-refractivity contribution in [2.45, 2.75) is 58.9 Å². The second-order valence-corrected chi connectivity index (χ2v) is 7.67. The maximum atomic E-state index is 13.0. The molecule has 0 bridgehead atoms. The molecule has 1 aliphatic carbocycles. The van der Waals surface area contributed by atoms with Crippen molar-refractivity contribution in [2.75, 3.05) is 6.54 Å². The monoisotopic (exact) mass is 290 g/mol. The molecule has 1 aromatic rings. The molecule has 116 valence electrons. The molecule has 0 aromatic carbocycles. The first-order valence-corrected chi connectivity index (χ1v) is 8.12. The molecule has 5 heteroatoms. The van der Waals surface area contributed by atoms with Gasteiger partial charge in [0, 0.05) is 12.5 Å². The van der Waals surface area contributed by atoms with Crippen LogP contribution in [0.5, 0.6) is 0 Å². The van der Waals surface area contributed by atoms with Gasteiger partial charge in [-0.1, -0.05) is 20.8 Å². The molecular weight excluding hydrogens is 264 g/mol. The molecule has 2 fully saturated rings. The Bertz CT molecular complexity index is 496. The van der Waals surface area contributed by atoms with Crippen molar-refractivity contribution in [1.82, 2.24) is 20.1 Å². The number of aromatic amines is 1. The molecule has 2 heterocycles. The molecule has 3 atom stereocenters. The predicted octanol–water partition coefficient (Wildman–Crippen LogP) is 2.93. The van der Waals surface area contributed by atoms with Crippen LogP contribution >= 0.6 is 0 Å². The summed E-state index contributed by atoms with van der Waals surface area (Å²) in [5.41, 5.74) is 0.277. The van der Waals surface area contributed by atoms with Crippen LogP contribution in [0.3, 0.4) is 0 Å². The lowest BCUT2D eigenvalue weighted by Crippen LogP contribution is -2.41. The highest BCUT2D eigenvalue weighted by Crippen LogP contribution is 2.43. The van der Waals surface area contributed by atoms with Gasteiger partial charge < -0.3 is 4.90 Å². The largest absolute Gasteiger partial charge is 0.332 e. The third kappa shape index (κ3) is 2.97. The summed E-state index contributed by atoms with van der Waals surface area (Å²) >= 11 is 0. The van der Waals surface area contributed by atoms with Gasteiger partial charge in [-0.15, -0.1) is 0 Å². The Morgan fingerprint density at radius 2 is 2.24 bits per heavy atom. The van der Waals surface area contributed by atoms with Crippen molar-refractivity contribution in [3.05, 3.63) is 12.2 Å². The third-order valence-electron chi connectivity index (χ3n) is 5.02. The molecule has 0 radical (unpaired) electrons. The number of carbonyl (C=O) groups is 1. The Balaban J connectivity index is 1.75. The van der Waals surface area contributed by atoms with Crippen LogP contribution in [-0.4, -0.2) is 32.5 Å². The topological polar surface area (TPSA) is 61.9 Å². The minimum absolute atomic E-state index is 0.0975. The van der Waals surface area contributed by atoms with E-state index in [1.54, 1.807) is 0 Å². The van der Waals surface area contributed by atoms with Crippen LogP contribution in [0.1, 0.15) is 64.7 Å². The zero-order valence-electron chi connectivity index (χ0n) is 13.3. The summed E-state index contributed by atoms with van der Waals surface area (Å²) in [5.74, 6) is 1.97. The van der Waals surface area contributed by atoms with E-state index in [4.69, 9.17) is 0 Å². The highest BCUT2D eigenvalue weighted by atomic mass is 16.2. The number of hydrogen-bond acceptors (Lipinski definition) is 3. The highest BCUT2D eigenvalue weighted by Gasteiger charge is 2.40. The Morgan fingerprint density at radius 1 is 1.43 bits per heavy atom. The number of nitrogens with one attached hydrogen (secondary N) is 1. The lowest BCUT2D eigenvalue weighted by Gasteiger charge is -2.40. The Kier molecular flexibility index (Phi) is 3.76. The average Bonchev–Trinajstić information content (AvgIpc) is 3.06. The number of likely N-dealkylation sites (tertiary alicyclic amines) is 1. The number of H-pyrrole nitrogens is 1. The summed E-state index contributed by atoms with van der Waals surface area (Å²) in [5, 5.41) is 6.87. The number of aromatic nitrogens is 3. The smallest absolute Gasteiger partial charge is 0.226 e. The number of hydrogen-bond donors (Lipinski definition) is 1. The predicted molar refractivity (Wildman–Crippen MR) is 80.4 cm³/mol.